The molecule has 0 radical (unpaired) electrons. The van der Waals surface area contributed by atoms with Crippen LogP contribution in [0.5, 0.6) is 0 Å². The van der Waals surface area contributed by atoms with Gasteiger partial charge in [0.2, 0.25) is 6.79 Å². The molecule has 0 unspecified atom stereocenters. The van der Waals surface area contributed by atoms with E-state index in [1.165, 1.54) is 6.42 Å². The topological polar surface area (TPSA) is 115 Å². The van der Waals surface area contributed by atoms with Crippen molar-refractivity contribution < 1.29 is 19.1 Å². The Morgan fingerprint density at radius 3 is 2.26 bits per heavy atom. The lowest BCUT2D eigenvalue weighted by molar-refractivity contribution is -0.157. The minimum Gasteiger partial charge on any atom is -0.428 e. The summed E-state index contributed by atoms with van der Waals surface area (Å²) >= 11 is 0. The van der Waals surface area contributed by atoms with Crippen LogP contribution < -0.4 is 21.7 Å². The van der Waals surface area contributed by atoms with Crippen LogP contribution in [0.15, 0.2) is 0 Å². The number of carbonyl (C=O) groups is 2. The van der Waals surface area contributed by atoms with Gasteiger partial charge in [-0.3, -0.25) is 4.79 Å². The molecule has 0 aromatic carbocycles. The van der Waals surface area contributed by atoms with Gasteiger partial charge in [0.1, 0.15) is 0 Å². The first-order valence-corrected chi connectivity index (χ1v) is 8.43. The fourth-order valence-electron chi connectivity index (χ4n) is 2.43. The van der Waals surface area contributed by atoms with Gasteiger partial charge in [0.05, 0.1) is 5.92 Å². The maximum Gasteiger partial charge on any atom is 0.410 e. The van der Waals surface area contributed by atoms with Gasteiger partial charge >= 0.3 is 12.1 Å². The zero-order valence-electron chi connectivity index (χ0n) is 13.8. The van der Waals surface area contributed by atoms with Gasteiger partial charge in [0.15, 0.2) is 0 Å². The number of rotatable bonds is 11. The first-order valence-electron chi connectivity index (χ1n) is 8.43. The van der Waals surface area contributed by atoms with Crippen LogP contribution in [0.4, 0.5) is 4.79 Å². The summed E-state index contributed by atoms with van der Waals surface area (Å²) in [6.45, 7) is 3.82. The first kappa shape index (κ1) is 19.7. The number of amides is 1. The van der Waals surface area contributed by atoms with Gasteiger partial charge in [-0.2, -0.15) is 0 Å². The van der Waals surface area contributed by atoms with Gasteiger partial charge < -0.3 is 31.2 Å². The Hall–Kier alpha value is -1.38. The molecule has 1 aliphatic carbocycles. The Labute approximate surface area is 137 Å². The lowest BCUT2D eigenvalue weighted by atomic mass is 9.89. The second kappa shape index (κ2) is 13.1. The molecule has 0 bridgehead atoms. The van der Waals surface area contributed by atoms with Crippen molar-refractivity contribution in [1.82, 2.24) is 16.0 Å². The summed E-state index contributed by atoms with van der Waals surface area (Å²) in [5.74, 6) is -0.295. The Bertz CT molecular complexity index is 335. The molecule has 1 aliphatic rings. The number of carbonyl (C=O) groups excluding carboxylic acids is 2. The molecule has 134 valence electrons. The fraction of sp³-hybridized carbons (Fsp3) is 0.867. The first-order chi connectivity index (χ1) is 11.2. The summed E-state index contributed by atoms with van der Waals surface area (Å²) in [5, 5.41) is 8.89. The van der Waals surface area contributed by atoms with E-state index in [0.717, 1.165) is 45.3 Å². The molecule has 0 aliphatic heterocycles. The normalized spacial score (nSPS) is 15.2. The van der Waals surface area contributed by atoms with Crippen LogP contribution in [-0.2, 0) is 14.3 Å². The Morgan fingerprint density at radius 2 is 1.57 bits per heavy atom. The highest BCUT2D eigenvalue weighted by atomic mass is 16.7. The van der Waals surface area contributed by atoms with Crippen molar-refractivity contribution in [2.75, 3.05) is 46.1 Å². The SMILES string of the molecule is NCCNCCNCCNC(=O)OCOC(=O)C1CCCCC1. The summed E-state index contributed by atoms with van der Waals surface area (Å²) < 4.78 is 9.79. The average molecular weight is 330 g/mol. The molecule has 1 amide bonds. The van der Waals surface area contributed by atoms with Crippen molar-refractivity contribution in [2.24, 2.45) is 11.7 Å². The predicted molar refractivity (Wildman–Crippen MR) is 86.8 cm³/mol. The van der Waals surface area contributed by atoms with Gasteiger partial charge in [-0.25, -0.2) is 4.79 Å². The minimum atomic E-state index is -0.579. The van der Waals surface area contributed by atoms with Crippen molar-refractivity contribution in [3.05, 3.63) is 0 Å². The quantitative estimate of drug-likeness (QED) is 0.238. The van der Waals surface area contributed by atoms with Crippen LogP contribution in [0.25, 0.3) is 0 Å². The van der Waals surface area contributed by atoms with Crippen LogP contribution in [-0.4, -0.2) is 58.1 Å². The third-order valence-corrected chi connectivity index (χ3v) is 3.70. The maximum absolute atomic E-state index is 11.7. The number of alkyl carbamates (subject to hydrolysis) is 1. The number of esters is 1. The number of hydrogen-bond acceptors (Lipinski definition) is 7. The number of hydrogen-bond donors (Lipinski definition) is 4. The molecular formula is C15H30N4O4. The van der Waals surface area contributed by atoms with Gasteiger partial charge in [-0.1, -0.05) is 19.3 Å². The molecule has 0 saturated heterocycles. The second-order valence-corrected chi connectivity index (χ2v) is 5.56. The van der Waals surface area contributed by atoms with Crippen LogP contribution in [0, 0.1) is 5.92 Å². The molecule has 0 heterocycles. The van der Waals surface area contributed by atoms with Crippen molar-refractivity contribution in [1.29, 1.82) is 0 Å². The molecule has 1 rings (SSSR count). The van der Waals surface area contributed by atoms with E-state index in [1.807, 2.05) is 0 Å². The van der Waals surface area contributed by atoms with E-state index in [0.29, 0.717) is 19.6 Å². The maximum atomic E-state index is 11.7. The standard InChI is InChI=1S/C15H30N4O4/c16-6-7-17-8-9-18-10-11-19-15(21)23-12-22-14(20)13-4-2-1-3-5-13/h13,17-18H,1-12,16H2,(H,19,21). The summed E-state index contributed by atoms with van der Waals surface area (Å²) in [4.78, 5) is 23.1. The Balaban J connectivity index is 1.90. The average Bonchev–Trinajstić information content (AvgIpc) is 2.58. The van der Waals surface area contributed by atoms with Crippen LogP contribution in [0.2, 0.25) is 0 Å². The second-order valence-electron chi connectivity index (χ2n) is 5.56. The zero-order valence-corrected chi connectivity index (χ0v) is 13.8. The van der Waals surface area contributed by atoms with E-state index in [4.69, 9.17) is 15.2 Å². The van der Waals surface area contributed by atoms with Gasteiger partial charge in [-0.05, 0) is 12.8 Å². The molecule has 8 heteroatoms. The highest BCUT2D eigenvalue weighted by Gasteiger charge is 2.22. The third-order valence-electron chi connectivity index (χ3n) is 3.70. The highest BCUT2D eigenvalue weighted by Crippen LogP contribution is 2.24. The molecule has 0 aromatic rings. The molecule has 0 atom stereocenters. The van der Waals surface area contributed by atoms with E-state index in [2.05, 4.69) is 16.0 Å². The molecule has 1 fully saturated rings. The Morgan fingerprint density at radius 1 is 0.913 bits per heavy atom. The smallest absolute Gasteiger partial charge is 0.410 e. The van der Waals surface area contributed by atoms with E-state index in [-0.39, 0.29) is 18.7 Å². The number of nitrogens with one attached hydrogen (secondary N) is 3. The van der Waals surface area contributed by atoms with Crippen molar-refractivity contribution >= 4 is 12.1 Å². The molecule has 5 N–H and O–H groups in total. The molecule has 8 nitrogen and oxygen atoms in total. The predicted octanol–water partition coefficient (Wildman–Crippen LogP) is -0.0685. The van der Waals surface area contributed by atoms with Crippen molar-refractivity contribution in [3.63, 3.8) is 0 Å². The minimum absolute atomic E-state index is 0.0347. The van der Waals surface area contributed by atoms with E-state index >= 15 is 0 Å². The summed E-state index contributed by atoms with van der Waals surface area (Å²) in [7, 11) is 0. The number of ether oxygens (including phenoxy) is 2. The summed E-state index contributed by atoms with van der Waals surface area (Å²) in [5.41, 5.74) is 5.35. The van der Waals surface area contributed by atoms with Gasteiger partial charge in [0.25, 0.3) is 0 Å². The third kappa shape index (κ3) is 10.1. The monoisotopic (exact) mass is 330 g/mol. The van der Waals surface area contributed by atoms with E-state index < -0.39 is 6.09 Å². The largest absolute Gasteiger partial charge is 0.428 e. The number of nitrogens with two attached hydrogens (primary N) is 1. The highest BCUT2D eigenvalue weighted by molar-refractivity contribution is 5.72. The van der Waals surface area contributed by atoms with Crippen LogP contribution >= 0.6 is 0 Å². The fourth-order valence-corrected chi connectivity index (χ4v) is 2.43. The summed E-state index contributed by atoms with van der Waals surface area (Å²) in [6.07, 6.45) is 4.48. The molecular weight excluding hydrogens is 300 g/mol. The zero-order chi connectivity index (χ0) is 16.8. The molecule has 1 saturated carbocycles. The van der Waals surface area contributed by atoms with E-state index in [1.54, 1.807) is 0 Å². The van der Waals surface area contributed by atoms with Gasteiger partial charge in [-0.15, -0.1) is 0 Å². The molecule has 0 spiro atoms. The Kier molecular flexibility index (Phi) is 11.2. The van der Waals surface area contributed by atoms with Crippen molar-refractivity contribution in [2.45, 2.75) is 32.1 Å². The van der Waals surface area contributed by atoms with Gasteiger partial charge in [0, 0.05) is 39.3 Å². The lowest BCUT2D eigenvalue weighted by Gasteiger charge is -2.19. The van der Waals surface area contributed by atoms with Crippen molar-refractivity contribution in [3.8, 4) is 0 Å². The van der Waals surface area contributed by atoms with Crippen LogP contribution in [0.3, 0.4) is 0 Å². The molecule has 23 heavy (non-hydrogen) atoms. The summed E-state index contributed by atoms with van der Waals surface area (Å²) in [6, 6.07) is 0. The lowest BCUT2D eigenvalue weighted by Crippen LogP contribution is -2.36. The van der Waals surface area contributed by atoms with E-state index in [9.17, 15) is 9.59 Å². The molecule has 0 aromatic heterocycles. The van der Waals surface area contributed by atoms with Crippen LogP contribution in [0.1, 0.15) is 32.1 Å².